The van der Waals surface area contributed by atoms with Gasteiger partial charge >= 0.3 is 0 Å². The van der Waals surface area contributed by atoms with Gasteiger partial charge in [-0.2, -0.15) is 5.10 Å². The van der Waals surface area contributed by atoms with Crippen LogP contribution in [0.5, 0.6) is 17.2 Å². The lowest BCUT2D eigenvalue weighted by molar-refractivity contribution is 0.0954. The number of ether oxygens (including phenoxy) is 3. The Kier molecular flexibility index (Phi) is 7.76. The zero-order valence-corrected chi connectivity index (χ0v) is 18.4. The molecule has 0 atom stereocenters. The van der Waals surface area contributed by atoms with E-state index in [1.165, 1.54) is 20.4 Å². The maximum atomic E-state index is 12.4. The second-order valence-corrected chi connectivity index (χ2v) is 7.24. The van der Waals surface area contributed by atoms with Crippen molar-refractivity contribution < 1.29 is 19.0 Å². The number of carbonyl (C=O) groups excluding carboxylic acids is 1. The highest BCUT2D eigenvalue weighted by atomic mass is 35.5. The third-order valence-corrected chi connectivity index (χ3v) is 4.85. The monoisotopic (exact) mass is 458 g/mol. The number of methoxy groups -OCH3 is 2. The molecular formula is C23H20Cl2N2O4. The van der Waals surface area contributed by atoms with Crippen molar-refractivity contribution in [2.24, 2.45) is 5.10 Å². The van der Waals surface area contributed by atoms with Gasteiger partial charge in [0.05, 0.1) is 20.4 Å². The van der Waals surface area contributed by atoms with Crippen LogP contribution in [-0.4, -0.2) is 26.3 Å². The molecule has 160 valence electrons. The number of benzene rings is 3. The van der Waals surface area contributed by atoms with Crippen molar-refractivity contribution in [3.8, 4) is 17.2 Å². The minimum Gasteiger partial charge on any atom is -0.497 e. The highest BCUT2D eigenvalue weighted by molar-refractivity contribution is 6.35. The Morgan fingerprint density at radius 3 is 2.39 bits per heavy atom. The maximum Gasteiger partial charge on any atom is 0.271 e. The fourth-order valence-electron chi connectivity index (χ4n) is 2.65. The Labute approximate surface area is 190 Å². The van der Waals surface area contributed by atoms with Gasteiger partial charge in [-0.15, -0.1) is 0 Å². The minimum atomic E-state index is -0.391. The molecule has 0 aliphatic heterocycles. The van der Waals surface area contributed by atoms with Crippen molar-refractivity contribution in [2.75, 3.05) is 14.2 Å². The Morgan fingerprint density at radius 1 is 0.968 bits per heavy atom. The third-order valence-electron chi connectivity index (χ3n) is 4.26. The number of rotatable bonds is 8. The van der Waals surface area contributed by atoms with Crippen LogP contribution in [0.4, 0.5) is 0 Å². The maximum absolute atomic E-state index is 12.4. The molecule has 0 unspecified atom stereocenters. The molecule has 0 saturated carbocycles. The van der Waals surface area contributed by atoms with Crippen LogP contribution in [0, 0.1) is 0 Å². The first kappa shape index (κ1) is 22.5. The van der Waals surface area contributed by atoms with Crippen LogP contribution in [0.25, 0.3) is 0 Å². The van der Waals surface area contributed by atoms with Crippen LogP contribution in [0.2, 0.25) is 10.0 Å². The molecule has 0 aliphatic rings. The summed E-state index contributed by atoms with van der Waals surface area (Å²) in [7, 11) is 3.04. The fourth-order valence-corrected chi connectivity index (χ4v) is 3.12. The highest BCUT2D eigenvalue weighted by Crippen LogP contribution is 2.24. The molecule has 1 amide bonds. The molecule has 1 N–H and O–H groups in total. The van der Waals surface area contributed by atoms with Gasteiger partial charge in [-0.3, -0.25) is 4.79 Å². The van der Waals surface area contributed by atoms with E-state index < -0.39 is 5.91 Å². The number of carbonyl (C=O) groups is 1. The summed E-state index contributed by atoms with van der Waals surface area (Å²) in [6.45, 7) is 0.297. The average molecular weight is 459 g/mol. The standard InChI is InChI=1S/C23H20Cl2N2O4/c1-29-20-9-17(10-21(12-20)30-2)23(28)27-26-13-15-4-3-5-19(8-15)31-14-16-6-7-18(24)11-22(16)25/h3-13H,14H2,1-2H3,(H,27,28)/b26-13+. The highest BCUT2D eigenvalue weighted by Gasteiger charge is 2.09. The Bertz CT molecular complexity index is 1080. The van der Waals surface area contributed by atoms with Gasteiger partial charge in [0.2, 0.25) is 0 Å². The lowest BCUT2D eigenvalue weighted by Gasteiger charge is -2.09. The van der Waals surface area contributed by atoms with E-state index >= 15 is 0 Å². The third kappa shape index (κ3) is 6.38. The van der Waals surface area contributed by atoms with Crippen LogP contribution in [0.1, 0.15) is 21.5 Å². The summed E-state index contributed by atoms with van der Waals surface area (Å²) in [4.78, 5) is 12.4. The van der Waals surface area contributed by atoms with Gasteiger partial charge in [0, 0.05) is 27.2 Å². The predicted molar refractivity (Wildman–Crippen MR) is 122 cm³/mol. The smallest absolute Gasteiger partial charge is 0.271 e. The lowest BCUT2D eigenvalue weighted by Crippen LogP contribution is -2.17. The van der Waals surface area contributed by atoms with E-state index in [1.54, 1.807) is 36.4 Å². The topological polar surface area (TPSA) is 69.2 Å². The van der Waals surface area contributed by atoms with E-state index in [2.05, 4.69) is 10.5 Å². The van der Waals surface area contributed by atoms with Crippen molar-refractivity contribution in [3.63, 3.8) is 0 Å². The molecule has 0 aromatic heterocycles. The normalized spacial score (nSPS) is 10.7. The predicted octanol–water partition coefficient (Wildman–Crippen LogP) is 5.35. The molecule has 3 aromatic carbocycles. The molecule has 0 saturated heterocycles. The van der Waals surface area contributed by atoms with Gasteiger partial charge in [0.1, 0.15) is 23.9 Å². The molecule has 6 nitrogen and oxygen atoms in total. The molecular weight excluding hydrogens is 439 g/mol. The average Bonchev–Trinajstić information content (AvgIpc) is 2.78. The molecule has 8 heteroatoms. The van der Waals surface area contributed by atoms with Crippen LogP contribution in [0.15, 0.2) is 65.8 Å². The van der Waals surface area contributed by atoms with Gasteiger partial charge in [0.25, 0.3) is 5.91 Å². The van der Waals surface area contributed by atoms with Gasteiger partial charge in [-0.1, -0.05) is 41.4 Å². The van der Waals surface area contributed by atoms with Crippen molar-refractivity contribution in [3.05, 3.63) is 87.4 Å². The summed E-state index contributed by atoms with van der Waals surface area (Å²) in [5.74, 6) is 1.27. The Hall–Kier alpha value is -3.22. The zero-order chi connectivity index (χ0) is 22.2. The summed E-state index contributed by atoms with van der Waals surface area (Å²) < 4.78 is 16.1. The number of hydrogen-bond donors (Lipinski definition) is 1. The molecule has 0 bridgehead atoms. The summed E-state index contributed by atoms with van der Waals surface area (Å²) in [5, 5.41) is 5.13. The number of amides is 1. The first-order valence-corrected chi connectivity index (χ1v) is 9.97. The molecule has 0 heterocycles. The summed E-state index contributed by atoms with van der Waals surface area (Å²) in [6.07, 6.45) is 1.53. The van der Waals surface area contributed by atoms with E-state index in [0.717, 1.165) is 11.1 Å². The summed E-state index contributed by atoms with van der Waals surface area (Å²) >= 11 is 12.1. The van der Waals surface area contributed by atoms with Crippen LogP contribution in [-0.2, 0) is 6.61 Å². The molecule has 0 spiro atoms. The number of nitrogens with zero attached hydrogens (tertiary/aromatic N) is 1. The second kappa shape index (κ2) is 10.7. The van der Waals surface area contributed by atoms with E-state index in [9.17, 15) is 4.79 Å². The van der Waals surface area contributed by atoms with Crippen LogP contribution >= 0.6 is 23.2 Å². The molecule has 31 heavy (non-hydrogen) atoms. The van der Waals surface area contributed by atoms with Crippen molar-refractivity contribution >= 4 is 35.3 Å². The van der Waals surface area contributed by atoms with Crippen molar-refractivity contribution in [2.45, 2.75) is 6.61 Å². The number of hydrazone groups is 1. The fraction of sp³-hybridized carbons (Fsp3) is 0.130. The van der Waals surface area contributed by atoms with E-state index in [4.69, 9.17) is 37.4 Å². The van der Waals surface area contributed by atoms with E-state index in [0.29, 0.717) is 39.5 Å². The molecule has 0 aliphatic carbocycles. The minimum absolute atomic E-state index is 0.297. The Balaban J connectivity index is 1.62. The molecule has 3 rings (SSSR count). The molecule has 0 radical (unpaired) electrons. The van der Waals surface area contributed by atoms with Gasteiger partial charge in [0.15, 0.2) is 0 Å². The SMILES string of the molecule is COc1cc(OC)cc(C(=O)N/N=C/c2cccc(OCc3ccc(Cl)cc3Cl)c2)c1. The number of halogens is 2. The molecule has 0 fully saturated rings. The number of nitrogens with one attached hydrogen (secondary N) is 1. The van der Waals surface area contributed by atoms with Crippen LogP contribution < -0.4 is 19.6 Å². The first-order valence-electron chi connectivity index (χ1n) is 9.22. The largest absolute Gasteiger partial charge is 0.497 e. The van der Waals surface area contributed by atoms with Crippen LogP contribution in [0.3, 0.4) is 0 Å². The van der Waals surface area contributed by atoms with Crippen molar-refractivity contribution in [1.29, 1.82) is 0 Å². The van der Waals surface area contributed by atoms with E-state index in [1.807, 2.05) is 24.3 Å². The van der Waals surface area contributed by atoms with Gasteiger partial charge in [-0.05, 0) is 42.0 Å². The quantitative estimate of drug-likeness (QED) is 0.364. The summed E-state index contributed by atoms with van der Waals surface area (Å²) in [5.41, 5.74) is 4.43. The molecule has 3 aromatic rings. The first-order chi connectivity index (χ1) is 15.0. The van der Waals surface area contributed by atoms with Gasteiger partial charge in [-0.25, -0.2) is 5.43 Å². The second-order valence-electron chi connectivity index (χ2n) is 6.40. The van der Waals surface area contributed by atoms with Gasteiger partial charge < -0.3 is 14.2 Å². The Morgan fingerprint density at radius 2 is 1.71 bits per heavy atom. The number of hydrogen-bond acceptors (Lipinski definition) is 5. The van der Waals surface area contributed by atoms with E-state index in [-0.39, 0.29) is 0 Å². The summed E-state index contributed by atoms with van der Waals surface area (Å²) in [6, 6.07) is 17.4. The lowest BCUT2D eigenvalue weighted by atomic mass is 10.2. The zero-order valence-electron chi connectivity index (χ0n) is 16.9. The van der Waals surface area contributed by atoms with Crippen molar-refractivity contribution in [1.82, 2.24) is 5.43 Å².